The molecule has 1 heterocycles. The molecule has 3 nitrogen and oxygen atoms in total. The van der Waals surface area contributed by atoms with Gasteiger partial charge in [-0.1, -0.05) is 12.8 Å². The maximum Gasteiger partial charge on any atom is 0.223 e. The molecule has 1 aliphatic heterocycles. The second-order valence-corrected chi connectivity index (χ2v) is 6.06. The van der Waals surface area contributed by atoms with E-state index >= 15 is 0 Å². The lowest BCUT2D eigenvalue weighted by atomic mass is 10.0. The molecule has 0 aromatic rings. The zero-order valence-electron chi connectivity index (χ0n) is 10.7. The number of likely N-dealkylation sites (tertiary alicyclic amines) is 1. The Morgan fingerprint density at radius 1 is 1.00 bits per heavy atom. The van der Waals surface area contributed by atoms with Crippen LogP contribution in [0.4, 0.5) is 0 Å². The first kappa shape index (κ1) is 11.5. The smallest absolute Gasteiger partial charge is 0.223 e. The van der Waals surface area contributed by atoms with Gasteiger partial charge in [0.2, 0.25) is 5.91 Å². The van der Waals surface area contributed by atoms with E-state index in [2.05, 4.69) is 10.2 Å². The van der Waals surface area contributed by atoms with E-state index < -0.39 is 0 Å². The van der Waals surface area contributed by atoms with Crippen molar-refractivity contribution in [3.05, 3.63) is 0 Å². The van der Waals surface area contributed by atoms with E-state index in [1.165, 1.54) is 45.1 Å². The zero-order chi connectivity index (χ0) is 11.7. The van der Waals surface area contributed by atoms with Gasteiger partial charge >= 0.3 is 0 Å². The van der Waals surface area contributed by atoms with Gasteiger partial charge in [-0.2, -0.15) is 0 Å². The van der Waals surface area contributed by atoms with E-state index in [9.17, 15) is 4.79 Å². The number of carbonyl (C=O) groups is 1. The van der Waals surface area contributed by atoms with E-state index in [0.29, 0.717) is 17.9 Å². The minimum atomic E-state index is 0.322. The minimum Gasteiger partial charge on any atom is -0.352 e. The van der Waals surface area contributed by atoms with Gasteiger partial charge in [0.1, 0.15) is 0 Å². The van der Waals surface area contributed by atoms with Crippen molar-refractivity contribution in [3.8, 4) is 0 Å². The number of carbonyl (C=O) groups excluding carboxylic acids is 1. The monoisotopic (exact) mass is 236 g/mol. The van der Waals surface area contributed by atoms with E-state index in [4.69, 9.17) is 0 Å². The van der Waals surface area contributed by atoms with E-state index in [1.54, 1.807) is 0 Å². The van der Waals surface area contributed by atoms with Crippen LogP contribution < -0.4 is 5.32 Å². The van der Waals surface area contributed by atoms with Gasteiger partial charge in [-0.05, 0) is 45.1 Å². The molecule has 1 amide bonds. The predicted octanol–water partition coefficient (Wildman–Crippen LogP) is 1.92. The Bertz CT molecular complexity index is 282. The summed E-state index contributed by atoms with van der Waals surface area (Å²) in [6.07, 6.45) is 10.2. The Morgan fingerprint density at radius 2 is 1.76 bits per heavy atom. The first-order valence-electron chi connectivity index (χ1n) is 7.37. The van der Waals surface area contributed by atoms with Crippen molar-refractivity contribution in [2.45, 2.75) is 63.5 Å². The van der Waals surface area contributed by atoms with Crippen molar-refractivity contribution in [1.82, 2.24) is 10.2 Å². The summed E-state index contributed by atoms with van der Waals surface area (Å²) in [6.45, 7) is 2.35. The van der Waals surface area contributed by atoms with Crippen LogP contribution in [0.15, 0.2) is 0 Å². The van der Waals surface area contributed by atoms with E-state index in [0.717, 1.165) is 25.4 Å². The normalized spacial score (nSPS) is 31.6. The molecule has 3 rings (SSSR count). The lowest BCUT2D eigenvalue weighted by Gasteiger charge is -2.37. The van der Waals surface area contributed by atoms with Crippen molar-refractivity contribution >= 4 is 5.91 Å². The van der Waals surface area contributed by atoms with Gasteiger partial charge in [0.05, 0.1) is 0 Å². The van der Waals surface area contributed by atoms with Crippen molar-refractivity contribution in [1.29, 1.82) is 0 Å². The highest BCUT2D eigenvalue weighted by molar-refractivity contribution is 5.81. The van der Waals surface area contributed by atoms with Crippen LogP contribution in [0.3, 0.4) is 0 Å². The van der Waals surface area contributed by atoms with Crippen molar-refractivity contribution in [3.63, 3.8) is 0 Å². The third-order valence-electron chi connectivity index (χ3n) is 4.59. The number of nitrogens with one attached hydrogen (secondary N) is 1. The molecule has 2 aliphatic carbocycles. The standard InChI is InChI=1S/C14H24N2O/c17-14(11-7-8-11)15-12-4-3-9-16(10-12)13-5-1-2-6-13/h11-13H,1-10H2,(H,15,17). The van der Waals surface area contributed by atoms with Gasteiger partial charge < -0.3 is 5.32 Å². The fourth-order valence-electron chi connectivity index (χ4n) is 3.39. The Kier molecular flexibility index (Phi) is 3.37. The lowest BCUT2D eigenvalue weighted by Crippen LogP contribution is -2.50. The van der Waals surface area contributed by atoms with Crippen LogP contribution in [-0.4, -0.2) is 36.0 Å². The number of nitrogens with zero attached hydrogens (tertiary/aromatic N) is 1. The molecule has 0 aromatic heterocycles. The van der Waals surface area contributed by atoms with Gasteiger partial charge in [-0.3, -0.25) is 9.69 Å². The van der Waals surface area contributed by atoms with Crippen LogP contribution in [0.2, 0.25) is 0 Å². The van der Waals surface area contributed by atoms with Gasteiger partial charge in [-0.25, -0.2) is 0 Å². The maximum atomic E-state index is 11.8. The molecule has 1 saturated heterocycles. The molecule has 3 heteroatoms. The number of amides is 1. The Hall–Kier alpha value is -0.570. The number of rotatable bonds is 3. The molecule has 3 fully saturated rings. The zero-order valence-corrected chi connectivity index (χ0v) is 10.7. The van der Waals surface area contributed by atoms with Crippen molar-refractivity contribution < 1.29 is 4.79 Å². The molecule has 1 atom stereocenters. The fourth-order valence-corrected chi connectivity index (χ4v) is 3.39. The molecule has 3 aliphatic rings. The van der Waals surface area contributed by atoms with Crippen LogP contribution in [0, 0.1) is 5.92 Å². The first-order valence-corrected chi connectivity index (χ1v) is 7.37. The molecule has 1 unspecified atom stereocenters. The topological polar surface area (TPSA) is 32.3 Å². The van der Waals surface area contributed by atoms with Crippen LogP contribution >= 0.6 is 0 Å². The van der Waals surface area contributed by atoms with Crippen molar-refractivity contribution in [2.24, 2.45) is 5.92 Å². The highest BCUT2D eigenvalue weighted by Gasteiger charge is 2.33. The summed E-state index contributed by atoms with van der Waals surface area (Å²) in [5.74, 6) is 0.681. The van der Waals surface area contributed by atoms with E-state index in [1.807, 2.05) is 0 Å². The highest BCUT2D eigenvalue weighted by Crippen LogP contribution is 2.30. The van der Waals surface area contributed by atoms with Crippen molar-refractivity contribution in [2.75, 3.05) is 13.1 Å². The average molecular weight is 236 g/mol. The van der Waals surface area contributed by atoms with Gasteiger partial charge in [-0.15, -0.1) is 0 Å². The molecule has 1 N–H and O–H groups in total. The Labute approximate surface area is 104 Å². The van der Waals surface area contributed by atoms with Crippen LogP contribution in [0.5, 0.6) is 0 Å². The van der Waals surface area contributed by atoms with Gasteiger partial charge in [0, 0.05) is 24.5 Å². The third kappa shape index (κ3) is 2.82. The number of hydrogen-bond donors (Lipinski definition) is 1. The molecule has 2 saturated carbocycles. The highest BCUT2D eigenvalue weighted by atomic mass is 16.2. The number of hydrogen-bond acceptors (Lipinski definition) is 2. The largest absolute Gasteiger partial charge is 0.352 e. The Morgan fingerprint density at radius 3 is 2.47 bits per heavy atom. The van der Waals surface area contributed by atoms with Crippen LogP contribution in [0.1, 0.15) is 51.4 Å². The third-order valence-corrected chi connectivity index (χ3v) is 4.59. The average Bonchev–Trinajstić information content (AvgIpc) is 3.05. The second kappa shape index (κ2) is 4.97. The SMILES string of the molecule is O=C(NC1CCCN(C2CCCC2)C1)C1CC1. The van der Waals surface area contributed by atoms with Gasteiger partial charge in [0.25, 0.3) is 0 Å². The molecule has 0 spiro atoms. The molecule has 17 heavy (non-hydrogen) atoms. The summed E-state index contributed by atoms with van der Waals surface area (Å²) in [5.41, 5.74) is 0. The summed E-state index contributed by atoms with van der Waals surface area (Å²) < 4.78 is 0. The molecule has 0 aromatic carbocycles. The van der Waals surface area contributed by atoms with Gasteiger partial charge in [0.15, 0.2) is 0 Å². The molecular weight excluding hydrogens is 212 g/mol. The van der Waals surface area contributed by atoms with E-state index in [-0.39, 0.29) is 0 Å². The molecule has 0 radical (unpaired) electrons. The first-order chi connectivity index (χ1) is 8.33. The van der Waals surface area contributed by atoms with Crippen LogP contribution in [0.25, 0.3) is 0 Å². The fraction of sp³-hybridized carbons (Fsp3) is 0.929. The molecule has 96 valence electrons. The Balaban J connectivity index is 1.50. The maximum absolute atomic E-state index is 11.8. The second-order valence-electron chi connectivity index (χ2n) is 6.06. The summed E-state index contributed by atoms with van der Waals surface area (Å²) in [6, 6.07) is 1.24. The summed E-state index contributed by atoms with van der Waals surface area (Å²) in [5, 5.41) is 3.25. The molecular formula is C14H24N2O. The predicted molar refractivity (Wildman–Crippen MR) is 67.7 cm³/mol. The molecule has 0 bridgehead atoms. The quantitative estimate of drug-likeness (QED) is 0.812. The van der Waals surface area contributed by atoms with Crippen LogP contribution in [-0.2, 0) is 4.79 Å². The minimum absolute atomic E-state index is 0.322. The summed E-state index contributed by atoms with van der Waals surface area (Å²) in [7, 11) is 0. The summed E-state index contributed by atoms with van der Waals surface area (Å²) in [4.78, 5) is 14.4. The summed E-state index contributed by atoms with van der Waals surface area (Å²) >= 11 is 0. The number of piperidine rings is 1. The lowest BCUT2D eigenvalue weighted by molar-refractivity contribution is -0.123.